The number of rotatable bonds is 18. The summed E-state index contributed by atoms with van der Waals surface area (Å²) in [6.45, 7) is 5.47. The Bertz CT molecular complexity index is 916. The Morgan fingerprint density at radius 1 is 0.806 bits per heavy atom. The van der Waals surface area contributed by atoms with Gasteiger partial charge < -0.3 is 19.5 Å². The molecule has 0 bridgehead atoms. The van der Waals surface area contributed by atoms with Gasteiger partial charge in [-0.3, -0.25) is 4.79 Å². The van der Waals surface area contributed by atoms with Crippen LogP contribution in [0.3, 0.4) is 0 Å². The number of hydrogen-bond acceptors (Lipinski definition) is 6. The molecule has 1 N–H and O–H groups in total. The quantitative estimate of drug-likeness (QED) is 0.127. The molecular formula is C29H41NO5S. The van der Waals surface area contributed by atoms with Crippen LogP contribution in [-0.2, 0) is 9.47 Å². The molecule has 0 heterocycles. The molecule has 7 heteroatoms. The number of esters is 1. The zero-order valence-electron chi connectivity index (χ0n) is 22.0. The summed E-state index contributed by atoms with van der Waals surface area (Å²) in [6, 6.07) is 12.4. The van der Waals surface area contributed by atoms with E-state index >= 15 is 0 Å². The van der Waals surface area contributed by atoms with Crippen LogP contribution in [0, 0.1) is 0 Å². The lowest BCUT2D eigenvalue weighted by molar-refractivity contribution is 0.0388. The van der Waals surface area contributed by atoms with E-state index in [0.29, 0.717) is 30.0 Å². The van der Waals surface area contributed by atoms with E-state index in [9.17, 15) is 9.59 Å². The number of carbonyl (C=O) groups is 2. The van der Waals surface area contributed by atoms with Crippen molar-refractivity contribution in [2.45, 2.75) is 70.1 Å². The Labute approximate surface area is 220 Å². The molecule has 0 aliphatic rings. The summed E-state index contributed by atoms with van der Waals surface area (Å²) in [4.78, 5) is 26.1. The first-order valence-electron chi connectivity index (χ1n) is 13.1. The number of amides is 1. The number of methoxy groups -OCH3 is 1. The standard InChI is InChI=1S/C29H41NO5S/c1-4-6-7-8-9-10-11-12-19-34-25-16-13-23(14-17-25)28(31)30-26-22-24(15-18-27(26)36-5-2)29(32)35-21-20-33-3/h13-18,22H,4-12,19-21H2,1-3H3,(H,30,31). The Morgan fingerprint density at radius 3 is 2.14 bits per heavy atom. The second kappa shape index (κ2) is 17.8. The van der Waals surface area contributed by atoms with Crippen molar-refractivity contribution in [2.75, 3.05) is 38.0 Å². The second-order valence-electron chi connectivity index (χ2n) is 8.57. The number of thioether (sulfide) groups is 1. The highest BCUT2D eigenvalue weighted by Crippen LogP contribution is 2.29. The highest BCUT2D eigenvalue weighted by atomic mass is 32.2. The predicted octanol–water partition coefficient (Wildman–Crippen LogP) is 7.37. The van der Waals surface area contributed by atoms with E-state index in [-0.39, 0.29) is 12.5 Å². The van der Waals surface area contributed by atoms with Crippen molar-refractivity contribution in [1.29, 1.82) is 0 Å². The molecule has 2 rings (SSSR count). The van der Waals surface area contributed by atoms with E-state index in [0.717, 1.165) is 22.8 Å². The van der Waals surface area contributed by atoms with E-state index in [1.165, 1.54) is 44.9 Å². The third-order valence-electron chi connectivity index (χ3n) is 5.67. The zero-order chi connectivity index (χ0) is 26.0. The predicted molar refractivity (Wildman–Crippen MR) is 147 cm³/mol. The van der Waals surface area contributed by atoms with E-state index in [2.05, 4.69) is 12.2 Å². The van der Waals surface area contributed by atoms with Gasteiger partial charge in [-0.25, -0.2) is 4.79 Å². The summed E-state index contributed by atoms with van der Waals surface area (Å²) in [5.74, 6) is 0.907. The number of nitrogens with one attached hydrogen (secondary N) is 1. The first kappa shape index (κ1) is 29.7. The lowest BCUT2D eigenvalue weighted by Crippen LogP contribution is -2.14. The molecule has 198 valence electrons. The topological polar surface area (TPSA) is 73.9 Å². The fourth-order valence-electron chi connectivity index (χ4n) is 3.66. The van der Waals surface area contributed by atoms with Gasteiger partial charge in [0.1, 0.15) is 12.4 Å². The number of carbonyl (C=O) groups excluding carboxylic acids is 2. The maximum atomic E-state index is 12.9. The summed E-state index contributed by atoms with van der Waals surface area (Å²) >= 11 is 1.60. The van der Waals surface area contributed by atoms with Crippen molar-refractivity contribution in [3.8, 4) is 5.75 Å². The van der Waals surface area contributed by atoms with Gasteiger partial charge in [0.05, 0.1) is 24.5 Å². The second-order valence-corrected chi connectivity index (χ2v) is 9.88. The van der Waals surface area contributed by atoms with Crippen molar-refractivity contribution >= 4 is 29.3 Å². The molecule has 0 fully saturated rings. The van der Waals surface area contributed by atoms with Gasteiger partial charge in [-0.05, 0) is 54.6 Å². The lowest BCUT2D eigenvalue weighted by Gasteiger charge is -2.13. The Hall–Kier alpha value is -2.51. The van der Waals surface area contributed by atoms with Crippen LogP contribution in [-0.4, -0.2) is 44.6 Å². The van der Waals surface area contributed by atoms with Crippen LogP contribution in [0.2, 0.25) is 0 Å². The average molecular weight is 516 g/mol. The Morgan fingerprint density at radius 2 is 1.47 bits per heavy atom. The molecule has 0 aliphatic carbocycles. The number of ether oxygens (including phenoxy) is 3. The molecule has 0 saturated heterocycles. The van der Waals surface area contributed by atoms with Crippen molar-refractivity contribution in [2.24, 2.45) is 0 Å². The first-order valence-corrected chi connectivity index (χ1v) is 14.0. The molecule has 1 amide bonds. The van der Waals surface area contributed by atoms with Crippen molar-refractivity contribution < 1.29 is 23.8 Å². The minimum Gasteiger partial charge on any atom is -0.494 e. The monoisotopic (exact) mass is 515 g/mol. The number of benzene rings is 2. The summed E-state index contributed by atoms with van der Waals surface area (Å²) in [7, 11) is 1.55. The van der Waals surface area contributed by atoms with Gasteiger partial charge in [0.2, 0.25) is 0 Å². The minimum atomic E-state index is -0.450. The number of anilines is 1. The number of unbranched alkanes of at least 4 members (excludes halogenated alkanes) is 7. The normalized spacial score (nSPS) is 10.8. The summed E-state index contributed by atoms with van der Waals surface area (Å²) < 4.78 is 16.0. The molecule has 36 heavy (non-hydrogen) atoms. The fraction of sp³-hybridized carbons (Fsp3) is 0.517. The SMILES string of the molecule is CCCCCCCCCCOc1ccc(C(=O)Nc2cc(C(=O)OCCOC)ccc2SCC)cc1. The maximum absolute atomic E-state index is 12.9. The first-order chi connectivity index (χ1) is 17.6. The molecular weight excluding hydrogens is 474 g/mol. The van der Waals surface area contributed by atoms with E-state index in [1.807, 2.05) is 25.1 Å². The molecule has 2 aromatic rings. The van der Waals surface area contributed by atoms with Gasteiger partial charge in [-0.15, -0.1) is 11.8 Å². The Balaban J connectivity index is 1.87. The van der Waals surface area contributed by atoms with Gasteiger partial charge in [0.15, 0.2) is 0 Å². The van der Waals surface area contributed by atoms with Crippen LogP contribution < -0.4 is 10.1 Å². The average Bonchev–Trinajstić information content (AvgIpc) is 2.89. The minimum absolute atomic E-state index is 0.177. The summed E-state index contributed by atoms with van der Waals surface area (Å²) in [5, 5.41) is 2.95. The zero-order valence-corrected chi connectivity index (χ0v) is 22.8. The van der Waals surface area contributed by atoms with Gasteiger partial charge in [0.25, 0.3) is 5.91 Å². The summed E-state index contributed by atoms with van der Waals surface area (Å²) in [6.07, 6.45) is 10.1. The van der Waals surface area contributed by atoms with Crippen LogP contribution >= 0.6 is 11.8 Å². The van der Waals surface area contributed by atoms with Crippen LogP contribution in [0.1, 0.15) is 85.9 Å². The van der Waals surface area contributed by atoms with Gasteiger partial charge >= 0.3 is 5.97 Å². The fourth-order valence-corrected chi connectivity index (χ4v) is 4.40. The van der Waals surface area contributed by atoms with Gasteiger partial charge in [-0.2, -0.15) is 0 Å². The van der Waals surface area contributed by atoms with E-state index in [4.69, 9.17) is 14.2 Å². The lowest BCUT2D eigenvalue weighted by atomic mass is 10.1. The van der Waals surface area contributed by atoms with Crippen LogP contribution in [0.5, 0.6) is 5.75 Å². The van der Waals surface area contributed by atoms with Crippen LogP contribution in [0.15, 0.2) is 47.4 Å². The smallest absolute Gasteiger partial charge is 0.338 e. The van der Waals surface area contributed by atoms with E-state index < -0.39 is 5.97 Å². The van der Waals surface area contributed by atoms with Crippen molar-refractivity contribution in [3.63, 3.8) is 0 Å². The molecule has 6 nitrogen and oxygen atoms in total. The van der Waals surface area contributed by atoms with Crippen molar-refractivity contribution in [3.05, 3.63) is 53.6 Å². The molecule has 0 aromatic heterocycles. The number of hydrogen-bond donors (Lipinski definition) is 1. The molecule has 0 atom stereocenters. The molecule has 0 unspecified atom stereocenters. The van der Waals surface area contributed by atoms with Crippen molar-refractivity contribution in [1.82, 2.24) is 0 Å². The third-order valence-corrected chi connectivity index (χ3v) is 6.62. The van der Waals surface area contributed by atoms with Gasteiger partial charge in [0, 0.05) is 17.6 Å². The maximum Gasteiger partial charge on any atom is 0.338 e. The molecule has 0 aliphatic heterocycles. The summed E-state index contributed by atoms with van der Waals surface area (Å²) in [5.41, 5.74) is 1.49. The highest BCUT2D eigenvalue weighted by Gasteiger charge is 2.14. The van der Waals surface area contributed by atoms with Crippen LogP contribution in [0.4, 0.5) is 5.69 Å². The van der Waals surface area contributed by atoms with E-state index in [1.54, 1.807) is 43.1 Å². The Kier molecular flexibility index (Phi) is 14.7. The molecule has 2 aromatic carbocycles. The molecule has 0 spiro atoms. The van der Waals surface area contributed by atoms with Gasteiger partial charge in [-0.1, -0.05) is 58.8 Å². The largest absolute Gasteiger partial charge is 0.494 e. The molecule has 0 radical (unpaired) electrons. The molecule has 0 saturated carbocycles. The highest BCUT2D eigenvalue weighted by molar-refractivity contribution is 7.99. The van der Waals surface area contributed by atoms with Crippen LogP contribution in [0.25, 0.3) is 0 Å². The third kappa shape index (κ3) is 11.0.